The Kier molecular flexibility index (Phi) is 4.44. The number of fused-ring (bicyclic) bond motifs is 1. The Morgan fingerprint density at radius 2 is 2.07 bits per heavy atom. The standard InChI is InChI=1S/C21H25N5OS/c1-15-19(28-14-23-15)20-24-16-4-2-3-5-17(16)26(20)12-18(27)25-10-7-21(8-11-25)6-9-22-13-21/h2-5,14,22H,6-13H2,1H3. The van der Waals surface area contributed by atoms with E-state index in [1.165, 1.54) is 6.42 Å². The molecule has 6 nitrogen and oxygen atoms in total. The van der Waals surface area contributed by atoms with E-state index in [9.17, 15) is 4.79 Å². The smallest absolute Gasteiger partial charge is 0.242 e. The number of benzene rings is 1. The largest absolute Gasteiger partial charge is 0.341 e. The Labute approximate surface area is 168 Å². The summed E-state index contributed by atoms with van der Waals surface area (Å²) in [6.45, 7) is 6.28. The van der Waals surface area contributed by atoms with Gasteiger partial charge in [0, 0.05) is 19.6 Å². The number of nitrogens with zero attached hydrogens (tertiary/aromatic N) is 4. The molecular formula is C21H25N5OS. The third-order valence-electron chi connectivity index (χ3n) is 6.41. The van der Waals surface area contributed by atoms with Gasteiger partial charge in [-0.05, 0) is 50.3 Å². The van der Waals surface area contributed by atoms with Crippen molar-refractivity contribution in [1.82, 2.24) is 24.8 Å². The molecule has 0 bridgehead atoms. The molecule has 1 spiro atoms. The minimum Gasteiger partial charge on any atom is -0.341 e. The van der Waals surface area contributed by atoms with Crippen molar-refractivity contribution in [3.63, 3.8) is 0 Å². The third kappa shape index (κ3) is 3.02. The zero-order chi connectivity index (χ0) is 19.1. The number of hydrogen-bond acceptors (Lipinski definition) is 5. The summed E-state index contributed by atoms with van der Waals surface area (Å²) in [6, 6.07) is 8.05. The predicted octanol–water partition coefficient (Wildman–Crippen LogP) is 3.07. The van der Waals surface area contributed by atoms with Crippen LogP contribution in [-0.4, -0.2) is 51.5 Å². The quantitative estimate of drug-likeness (QED) is 0.740. The van der Waals surface area contributed by atoms with Crippen LogP contribution in [-0.2, 0) is 11.3 Å². The first-order valence-electron chi connectivity index (χ1n) is 9.99. The van der Waals surface area contributed by atoms with Crippen molar-refractivity contribution in [1.29, 1.82) is 0 Å². The van der Waals surface area contributed by atoms with Crippen molar-refractivity contribution in [3.8, 4) is 10.7 Å². The molecule has 5 rings (SSSR count). The Bertz CT molecular complexity index is 1010. The van der Waals surface area contributed by atoms with Gasteiger partial charge in [-0.2, -0.15) is 0 Å². The van der Waals surface area contributed by atoms with Gasteiger partial charge in [-0.25, -0.2) is 9.97 Å². The minimum atomic E-state index is 0.187. The number of likely N-dealkylation sites (tertiary alicyclic amines) is 1. The molecule has 3 aromatic rings. The van der Waals surface area contributed by atoms with Gasteiger partial charge in [-0.15, -0.1) is 11.3 Å². The van der Waals surface area contributed by atoms with E-state index in [1.807, 2.05) is 41.6 Å². The maximum Gasteiger partial charge on any atom is 0.242 e. The molecular weight excluding hydrogens is 370 g/mol. The first-order chi connectivity index (χ1) is 13.7. The maximum atomic E-state index is 13.2. The van der Waals surface area contributed by atoms with Crippen LogP contribution in [0.15, 0.2) is 29.8 Å². The highest BCUT2D eigenvalue weighted by Crippen LogP contribution is 2.37. The van der Waals surface area contributed by atoms with Crippen molar-refractivity contribution >= 4 is 28.3 Å². The number of para-hydroxylation sites is 2. The number of carbonyl (C=O) groups excluding carboxylic acids is 1. The summed E-state index contributed by atoms with van der Waals surface area (Å²) in [5.41, 5.74) is 5.15. The molecule has 0 atom stereocenters. The van der Waals surface area contributed by atoms with Gasteiger partial charge in [0.15, 0.2) is 5.82 Å². The molecule has 2 saturated heterocycles. The number of hydrogen-bond donors (Lipinski definition) is 1. The van der Waals surface area contributed by atoms with Crippen molar-refractivity contribution in [2.45, 2.75) is 32.7 Å². The second-order valence-corrected chi connectivity index (χ2v) is 8.94. The van der Waals surface area contributed by atoms with Crippen LogP contribution >= 0.6 is 11.3 Å². The Morgan fingerprint density at radius 1 is 1.25 bits per heavy atom. The van der Waals surface area contributed by atoms with Crippen LogP contribution in [0.4, 0.5) is 0 Å². The SMILES string of the molecule is Cc1ncsc1-c1nc2ccccc2n1CC(=O)N1CCC2(CCNC2)CC1. The van der Waals surface area contributed by atoms with Crippen LogP contribution in [0.25, 0.3) is 21.7 Å². The van der Waals surface area contributed by atoms with E-state index in [0.29, 0.717) is 12.0 Å². The molecule has 146 valence electrons. The molecule has 2 aliphatic heterocycles. The number of carbonyl (C=O) groups is 1. The average Bonchev–Trinajstić information content (AvgIpc) is 3.42. The molecule has 1 amide bonds. The van der Waals surface area contributed by atoms with Gasteiger partial charge in [0.05, 0.1) is 27.1 Å². The molecule has 2 aromatic heterocycles. The normalized spacial score (nSPS) is 19.0. The molecule has 0 radical (unpaired) electrons. The second-order valence-electron chi connectivity index (χ2n) is 8.08. The maximum absolute atomic E-state index is 13.2. The molecule has 0 unspecified atom stereocenters. The second kappa shape index (κ2) is 6.97. The van der Waals surface area contributed by atoms with Gasteiger partial charge in [0.1, 0.15) is 6.54 Å². The Balaban J connectivity index is 1.42. The van der Waals surface area contributed by atoms with Gasteiger partial charge in [0.2, 0.25) is 5.91 Å². The van der Waals surface area contributed by atoms with E-state index < -0.39 is 0 Å². The fraction of sp³-hybridized carbons (Fsp3) is 0.476. The number of nitrogens with one attached hydrogen (secondary N) is 1. The van der Waals surface area contributed by atoms with Crippen LogP contribution in [0.3, 0.4) is 0 Å². The monoisotopic (exact) mass is 395 g/mol. The van der Waals surface area contributed by atoms with E-state index in [1.54, 1.807) is 11.3 Å². The summed E-state index contributed by atoms with van der Waals surface area (Å²) in [5, 5.41) is 3.49. The molecule has 1 N–H and O–H groups in total. The summed E-state index contributed by atoms with van der Waals surface area (Å²) >= 11 is 1.58. The van der Waals surface area contributed by atoms with Crippen LogP contribution in [0.2, 0.25) is 0 Å². The summed E-state index contributed by atoms with van der Waals surface area (Å²) < 4.78 is 2.07. The number of thiazole rings is 1. The summed E-state index contributed by atoms with van der Waals surface area (Å²) in [7, 11) is 0. The zero-order valence-corrected chi connectivity index (χ0v) is 17.0. The van der Waals surface area contributed by atoms with Crippen LogP contribution in [0, 0.1) is 12.3 Å². The van der Waals surface area contributed by atoms with Gasteiger partial charge in [0.25, 0.3) is 0 Å². The minimum absolute atomic E-state index is 0.187. The van der Waals surface area contributed by atoms with E-state index in [0.717, 1.165) is 66.4 Å². The number of aryl methyl sites for hydroxylation is 1. The first-order valence-corrected chi connectivity index (χ1v) is 10.9. The van der Waals surface area contributed by atoms with Crippen LogP contribution in [0.5, 0.6) is 0 Å². The summed E-state index contributed by atoms with van der Waals surface area (Å²) in [5.74, 6) is 1.04. The van der Waals surface area contributed by atoms with Crippen LogP contribution < -0.4 is 5.32 Å². The van der Waals surface area contributed by atoms with Gasteiger partial charge >= 0.3 is 0 Å². The summed E-state index contributed by atoms with van der Waals surface area (Å²) in [4.78, 5) is 25.5. The molecule has 0 saturated carbocycles. The van der Waals surface area contributed by atoms with E-state index >= 15 is 0 Å². The molecule has 2 fully saturated rings. The molecule has 0 aliphatic carbocycles. The highest BCUT2D eigenvalue weighted by molar-refractivity contribution is 7.13. The van der Waals surface area contributed by atoms with Gasteiger partial charge in [-0.1, -0.05) is 12.1 Å². The highest BCUT2D eigenvalue weighted by Gasteiger charge is 2.38. The van der Waals surface area contributed by atoms with Crippen molar-refractivity contribution < 1.29 is 4.79 Å². The van der Waals surface area contributed by atoms with Crippen molar-refractivity contribution in [2.75, 3.05) is 26.2 Å². The van der Waals surface area contributed by atoms with Crippen LogP contribution in [0.1, 0.15) is 25.0 Å². The number of imidazole rings is 1. The van der Waals surface area contributed by atoms with E-state index in [-0.39, 0.29) is 5.91 Å². The molecule has 7 heteroatoms. The van der Waals surface area contributed by atoms with Crippen molar-refractivity contribution in [3.05, 3.63) is 35.5 Å². The molecule has 28 heavy (non-hydrogen) atoms. The lowest BCUT2D eigenvalue weighted by molar-refractivity contribution is -0.133. The number of rotatable bonds is 3. The Morgan fingerprint density at radius 3 is 2.79 bits per heavy atom. The molecule has 2 aliphatic rings. The average molecular weight is 396 g/mol. The lowest BCUT2D eigenvalue weighted by Crippen LogP contribution is -2.45. The van der Waals surface area contributed by atoms with Gasteiger partial charge < -0.3 is 14.8 Å². The first kappa shape index (κ1) is 17.8. The van der Waals surface area contributed by atoms with Crippen molar-refractivity contribution in [2.24, 2.45) is 5.41 Å². The fourth-order valence-corrected chi connectivity index (χ4v) is 5.41. The van der Waals surface area contributed by atoms with E-state index in [2.05, 4.69) is 14.9 Å². The Hall–Kier alpha value is -2.25. The zero-order valence-electron chi connectivity index (χ0n) is 16.1. The lowest BCUT2D eigenvalue weighted by Gasteiger charge is -2.39. The number of aromatic nitrogens is 3. The number of piperidine rings is 1. The fourth-order valence-electron chi connectivity index (χ4n) is 4.61. The lowest BCUT2D eigenvalue weighted by atomic mass is 9.78. The van der Waals surface area contributed by atoms with Gasteiger partial charge in [-0.3, -0.25) is 4.79 Å². The molecule has 4 heterocycles. The number of amides is 1. The molecule has 1 aromatic carbocycles. The van der Waals surface area contributed by atoms with E-state index in [4.69, 9.17) is 4.98 Å². The summed E-state index contributed by atoms with van der Waals surface area (Å²) in [6.07, 6.45) is 3.46. The highest BCUT2D eigenvalue weighted by atomic mass is 32.1. The third-order valence-corrected chi connectivity index (χ3v) is 7.33. The topological polar surface area (TPSA) is 63.1 Å². The predicted molar refractivity (Wildman–Crippen MR) is 111 cm³/mol.